The Morgan fingerprint density at radius 3 is 2.05 bits per heavy atom. The number of nitrogens with zero attached hydrogens (tertiary/aromatic N) is 2. The van der Waals surface area contributed by atoms with Crippen molar-refractivity contribution >= 4 is 39.1 Å². The van der Waals surface area contributed by atoms with Gasteiger partial charge in [0.25, 0.3) is 10.0 Å². The fourth-order valence-corrected chi connectivity index (χ4v) is 5.82. The molecule has 3 aromatic rings. The van der Waals surface area contributed by atoms with Gasteiger partial charge in [-0.05, 0) is 62.6 Å². The Labute approximate surface area is 230 Å². The van der Waals surface area contributed by atoms with Crippen molar-refractivity contribution in [2.45, 2.75) is 51.6 Å². The zero-order valence-electron chi connectivity index (χ0n) is 22.4. The van der Waals surface area contributed by atoms with Crippen molar-refractivity contribution in [3.63, 3.8) is 0 Å². The van der Waals surface area contributed by atoms with Gasteiger partial charge in [-0.25, -0.2) is 8.42 Å². The van der Waals surface area contributed by atoms with Crippen molar-refractivity contribution in [3.8, 4) is 0 Å². The lowest BCUT2D eigenvalue weighted by molar-refractivity contribution is -0.140. The average Bonchev–Trinajstić information content (AvgIpc) is 2.89. The number of sulfonamides is 1. The van der Waals surface area contributed by atoms with Crippen LogP contribution in [0.4, 0.5) is 5.69 Å². The molecular weight excluding hydrogens is 522 g/mol. The molecule has 3 aromatic carbocycles. The highest BCUT2D eigenvalue weighted by molar-refractivity contribution is 7.92. The molecule has 3 rings (SSSR count). The third kappa shape index (κ3) is 6.74. The number of rotatable bonds is 10. The Bertz CT molecular complexity index is 1390. The number of amides is 2. The van der Waals surface area contributed by atoms with Gasteiger partial charge in [-0.1, -0.05) is 72.1 Å². The maximum atomic E-state index is 14.0. The minimum absolute atomic E-state index is 0.0544. The lowest BCUT2D eigenvalue weighted by Crippen LogP contribution is -2.51. The van der Waals surface area contributed by atoms with Gasteiger partial charge < -0.3 is 10.2 Å². The Kier molecular flexibility index (Phi) is 9.57. The van der Waals surface area contributed by atoms with E-state index in [1.807, 2.05) is 45.0 Å². The first-order valence-corrected chi connectivity index (χ1v) is 14.2. The Balaban J connectivity index is 2.10. The van der Waals surface area contributed by atoms with E-state index in [1.165, 1.54) is 30.1 Å². The molecule has 0 aromatic heterocycles. The summed E-state index contributed by atoms with van der Waals surface area (Å²) in [6, 6.07) is 18.3. The fourth-order valence-electron chi connectivity index (χ4n) is 4.18. The third-order valence-corrected chi connectivity index (χ3v) is 8.44. The zero-order valence-corrected chi connectivity index (χ0v) is 23.9. The van der Waals surface area contributed by atoms with Crippen molar-refractivity contribution in [3.05, 3.63) is 94.0 Å². The van der Waals surface area contributed by atoms with Crippen LogP contribution in [0.2, 0.25) is 5.02 Å². The molecule has 7 nitrogen and oxygen atoms in total. The maximum Gasteiger partial charge on any atom is 0.264 e. The number of carbonyl (C=O) groups is 2. The summed E-state index contributed by atoms with van der Waals surface area (Å²) >= 11 is 6.26. The number of benzene rings is 3. The highest BCUT2D eigenvalue weighted by atomic mass is 35.5. The smallest absolute Gasteiger partial charge is 0.264 e. The molecular formula is C29H34ClN3O4S. The lowest BCUT2D eigenvalue weighted by Gasteiger charge is -2.33. The monoisotopic (exact) mass is 555 g/mol. The molecule has 1 atom stereocenters. The number of carbonyl (C=O) groups excluding carboxylic acids is 2. The quantitative estimate of drug-likeness (QED) is 0.381. The normalized spacial score (nSPS) is 12.1. The van der Waals surface area contributed by atoms with E-state index in [0.29, 0.717) is 22.7 Å². The van der Waals surface area contributed by atoms with Crippen LogP contribution in [0.1, 0.15) is 35.6 Å². The summed E-state index contributed by atoms with van der Waals surface area (Å²) < 4.78 is 28.9. The highest BCUT2D eigenvalue weighted by Crippen LogP contribution is 2.30. The molecule has 0 aliphatic carbocycles. The number of halogens is 1. The van der Waals surface area contributed by atoms with Crippen molar-refractivity contribution < 1.29 is 18.0 Å². The van der Waals surface area contributed by atoms with Gasteiger partial charge in [-0.3, -0.25) is 13.9 Å². The molecule has 0 heterocycles. The van der Waals surface area contributed by atoms with E-state index in [0.717, 1.165) is 21.0 Å². The van der Waals surface area contributed by atoms with Gasteiger partial charge in [-0.15, -0.1) is 0 Å². The molecule has 0 spiro atoms. The van der Waals surface area contributed by atoms with Crippen LogP contribution in [0.5, 0.6) is 0 Å². The Hall–Kier alpha value is -3.36. The van der Waals surface area contributed by atoms with Crippen LogP contribution in [-0.2, 0) is 26.2 Å². The molecule has 1 N–H and O–H groups in total. The van der Waals surface area contributed by atoms with Crippen molar-refractivity contribution in [2.75, 3.05) is 17.9 Å². The van der Waals surface area contributed by atoms with Gasteiger partial charge in [0.05, 0.1) is 10.6 Å². The number of nitrogens with one attached hydrogen (secondary N) is 1. The highest BCUT2D eigenvalue weighted by Gasteiger charge is 2.34. The Morgan fingerprint density at radius 2 is 1.50 bits per heavy atom. The zero-order chi connectivity index (χ0) is 28.0. The maximum absolute atomic E-state index is 14.0. The predicted molar refractivity (Wildman–Crippen MR) is 152 cm³/mol. The largest absolute Gasteiger partial charge is 0.357 e. The standard InChI is InChI=1S/C29H34ClN3O4S/c1-6-26(29(35)31-5)32(18-23-12-7-20(2)8-13-23)28(34)19-33(27-17-24(30)14-11-22(27)4)38(36,37)25-15-9-21(3)10-16-25/h7-17,26H,6,18-19H2,1-5H3,(H,31,35). The van der Waals surface area contributed by atoms with Crippen LogP contribution in [0.3, 0.4) is 0 Å². The fraction of sp³-hybridized carbons (Fsp3) is 0.310. The summed E-state index contributed by atoms with van der Waals surface area (Å²) in [4.78, 5) is 28.2. The van der Waals surface area contributed by atoms with E-state index in [4.69, 9.17) is 11.6 Å². The summed E-state index contributed by atoms with van der Waals surface area (Å²) in [6.45, 7) is 7.06. The molecule has 0 radical (unpaired) electrons. The summed E-state index contributed by atoms with van der Waals surface area (Å²) in [5.41, 5.74) is 3.75. The average molecular weight is 556 g/mol. The molecule has 0 aliphatic rings. The van der Waals surface area contributed by atoms with Crippen LogP contribution in [0.25, 0.3) is 0 Å². The number of anilines is 1. The summed E-state index contributed by atoms with van der Waals surface area (Å²) in [5.74, 6) is -0.823. The van der Waals surface area contributed by atoms with Gasteiger partial charge >= 0.3 is 0 Å². The van der Waals surface area contributed by atoms with E-state index in [1.54, 1.807) is 31.2 Å². The second kappa shape index (κ2) is 12.5. The molecule has 0 fully saturated rings. The second-order valence-corrected chi connectivity index (χ2v) is 11.6. The van der Waals surface area contributed by atoms with Crippen LogP contribution < -0.4 is 9.62 Å². The lowest BCUT2D eigenvalue weighted by atomic mass is 10.1. The van der Waals surface area contributed by atoms with Gasteiger partial charge in [-0.2, -0.15) is 0 Å². The molecule has 202 valence electrons. The van der Waals surface area contributed by atoms with Crippen molar-refractivity contribution in [1.29, 1.82) is 0 Å². The first-order valence-electron chi connectivity index (χ1n) is 12.4. The molecule has 0 saturated heterocycles. The van der Waals surface area contributed by atoms with E-state index >= 15 is 0 Å². The second-order valence-electron chi connectivity index (χ2n) is 9.30. The van der Waals surface area contributed by atoms with E-state index in [2.05, 4.69) is 5.32 Å². The van der Waals surface area contributed by atoms with Crippen molar-refractivity contribution in [2.24, 2.45) is 0 Å². The van der Waals surface area contributed by atoms with Crippen LogP contribution >= 0.6 is 11.6 Å². The molecule has 1 unspecified atom stereocenters. The van der Waals surface area contributed by atoms with E-state index < -0.39 is 28.5 Å². The molecule has 0 aliphatic heterocycles. The van der Waals surface area contributed by atoms with Gasteiger partial charge in [0.1, 0.15) is 12.6 Å². The minimum Gasteiger partial charge on any atom is -0.357 e. The van der Waals surface area contributed by atoms with Gasteiger partial charge in [0.2, 0.25) is 11.8 Å². The molecule has 0 bridgehead atoms. The summed E-state index contributed by atoms with van der Waals surface area (Å²) in [5, 5.41) is 2.97. The minimum atomic E-state index is -4.15. The summed E-state index contributed by atoms with van der Waals surface area (Å²) in [6.07, 6.45) is 0.359. The predicted octanol–water partition coefficient (Wildman–Crippen LogP) is 5.01. The van der Waals surface area contributed by atoms with E-state index in [-0.39, 0.29) is 17.3 Å². The molecule has 9 heteroatoms. The number of hydrogen-bond donors (Lipinski definition) is 1. The summed E-state index contributed by atoms with van der Waals surface area (Å²) in [7, 11) is -2.63. The Morgan fingerprint density at radius 1 is 0.921 bits per heavy atom. The molecule has 0 saturated carbocycles. The third-order valence-electron chi connectivity index (χ3n) is 6.43. The first kappa shape index (κ1) is 29.2. The molecule has 2 amide bonds. The van der Waals surface area contributed by atoms with Crippen LogP contribution in [0.15, 0.2) is 71.6 Å². The first-order chi connectivity index (χ1) is 18.0. The van der Waals surface area contributed by atoms with Crippen molar-refractivity contribution in [1.82, 2.24) is 10.2 Å². The van der Waals surface area contributed by atoms with Gasteiger partial charge in [0.15, 0.2) is 0 Å². The molecule has 38 heavy (non-hydrogen) atoms. The van der Waals surface area contributed by atoms with Crippen LogP contribution in [0, 0.1) is 20.8 Å². The number of aryl methyl sites for hydroxylation is 3. The SMILES string of the molecule is CCC(C(=O)NC)N(Cc1ccc(C)cc1)C(=O)CN(c1cc(Cl)ccc1C)S(=O)(=O)c1ccc(C)cc1. The van der Waals surface area contributed by atoms with E-state index in [9.17, 15) is 18.0 Å². The van der Waals surface area contributed by atoms with Gasteiger partial charge in [0, 0.05) is 18.6 Å². The number of hydrogen-bond acceptors (Lipinski definition) is 4. The van der Waals surface area contributed by atoms with Crippen LogP contribution in [-0.4, -0.2) is 44.8 Å². The number of likely N-dealkylation sites (N-methyl/N-ethyl adjacent to an activating group) is 1. The topological polar surface area (TPSA) is 86.8 Å².